The summed E-state index contributed by atoms with van der Waals surface area (Å²) in [6, 6.07) is 1.69. The van der Waals surface area contributed by atoms with Crippen LogP contribution in [-0.2, 0) is 0 Å². The zero-order valence-electron chi connectivity index (χ0n) is 14.7. The van der Waals surface area contributed by atoms with Crippen LogP contribution in [0.1, 0.15) is 75.6 Å². The molecular formula is C18H22N6O2. The number of carbonyl (C=O) groups is 2. The van der Waals surface area contributed by atoms with Gasteiger partial charge in [-0.25, -0.2) is 9.97 Å². The third-order valence-corrected chi connectivity index (χ3v) is 5.13. The molecule has 0 spiro atoms. The maximum Gasteiger partial charge on any atom is 0.269 e. The van der Waals surface area contributed by atoms with Crippen LogP contribution in [0, 0.1) is 6.92 Å². The molecule has 0 aromatic carbocycles. The summed E-state index contributed by atoms with van der Waals surface area (Å²) in [5, 5.41) is 6.84. The van der Waals surface area contributed by atoms with Crippen molar-refractivity contribution in [2.75, 3.05) is 13.1 Å². The van der Waals surface area contributed by atoms with Gasteiger partial charge in [-0.3, -0.25) is 14.7 Å². The van der Waals surface area contributed by atoms with Gasteiger partial charge in [0.15, 0.2) is 0 Å². The molecular weight excluding hydrogens is 332 g/mol. The molecule has 0 bridgehead atoms. The van der Waals surface area contributed by atoms with Crippen molar-refractivity contribution in [1.29, 1.82) is 0 Å². The van der Waals surface area contributed by atoms with E-state index in [9.17, 15) is 9.59 Å². The monoisotopic (exact) mass is 354 g/mol. The van der Waals surface area contributed by atoms with E-state index in [-0.39, 0.29) is 17.5 Å². The van der Waals surface area contributed by atoms with E-state index in [1.807, 2.05) is 11.8 Å². The number of hydrogen-bond acceptors (Lipinski definition) is 5. The predicted octanol–water partition coefficient (Wildman–Crippen LogP) is 1.50. The van der Waals surface area contributed by atoms with Crippen LogP contribution >= 0.6 is 0 Å². The number of aromatic nitrogens is 4. The Kier molecular flexibility index (Phi) is 4.18. The number of nitrogens with two attached hydrogens (primary N) is 1. The molecule has 1 atom stereocenters. The zero-order valence-corrected chi connectivity index (χ0v) is 14.7. The van der Waals surface area contributed by atoms with Crippen LogP contribution in [0.5, 0.6) is 0 Å². The lowest BCUT2D eigenvalue weighted by atomic mass is 9.94. The molecule has 2 fully saturated rings. The molecule has 26 heavy (non-hydrogen) atoms. The SMILES string of the molecule is Cc1ncc(C(=O)N2CCCC(c3cc(C(N)=O)n[nH]3)C2)c(C2CC2)n1. The molecule has 4 rings (SSSR count). The Morgan fingerprint density at radius 2 is 2.08 bits per heavy atom. The Morgan fingerprint density at radius 3 is 2.77 bits per heavy atom. The van der Waals surface area contributed by atoms with Gasteiger partial charge < -0.3 is 10.6 Å². The maximum absolute atomic E-state index is 13.1. The summed E-state index contributed by atoms with van der Waals surface area (Å²) < 4.78 is 0. The van der Waals surface area contributed by atoms with Crippen LogP contribution in [0.2, 0.25) is 0 Å². The number of carbonyl (C=O) groups excluding carboxylic acids is 2. The molecule has 136 valence electrons. The standard InChI is InChI=1S/C18H22N6O2/c1-10-20-8-13(16(21-10)11-4-5-11)18(26)24-6-2-3-12(9-24)14-7-15(17(19)25)23-22-14/h7-8,11-12H,2-6,9H2,1H3,(H2,19,25)(H,22,23). The molecule has 0 radical (unpaired) electrons. The third-order valence-electron chi connectivity index (χ3n) is 5.13. The number of rotatable bonds is 4. The molecule has 1 aliphatic carbocycles. The molecule has 3 heterocycles. The normalized spacial score (nSPS) is 20.2. The number of nitrogens with zero attached hydrogens (tertiary/aromatic N) is 4. The second-order valence-electron chi connectivity index (χ2n) is 7.15. The van der Waals surface area contributed by atoms with Crippen molar-refractivity contribution in [2.24, 2.45) is 5.73 Å². The van der Waals surface area contributed by atoms with Crippen molar-refractivity contribution < 1.29 is 9.59 Å². The van der Waals surface area contributed by atoms with E-state index in [0.717, 1.165) is 37.1 Å². The Bertz CT molecular complexity index is 857. The molecule has 1 aliphatic heterocycles. The summed E-state index contributed by atoms with van der Waals surface area (Å²) in [5.41, 5.74) is 7.86. The number of aromatic amines is 1. The molecule has 3 N–H and O–H groups in total. The molecule has 2 aliphatic rings. The van der Waals surface area contributed by atoms with E-state index in [1.54, 1.807) is 12.3 Å². The van der Waals surface area contributed by atoms with Crippen LogP contribution in [0.25, 0.3) is 0 Å². The smallest absolute Gasteiger partial charge is 0.269 e. The first-order chi connectivity index (χ1) is 12.5. The lowest BCUT2D eigenvalue weighted by Crippen LogP contribution is -2.39. The number of nitrogens with one attached hydrogen (secondary N) is 1. The van der Waals surface area contributed by atoms with Crippen LogP contribution in [-0.4, -0.2) is 50.0 Å². The highest BCUT2D eigenvalue weighted by molar-refractivity contribution is 5.95. The first-order valence-electron chi connectivity index (χ1n) is 9.01. The van der Waals surface area contributed by atoms with Gasteiger partial charge in [-0.1, -0.05) is 0 Å². The molecule has 2 aromatic heterocycles. The van der Waals surface area contributed by atoms with Crippen molar-refractivity contribution in [3.63, 3.8) is 0 Å². The fourth-order valence-corrected chi connectivity index (χ4v) is 3.58. The Hall–Kier alpha value is -2.77. The number of amides is 2. The molecule has 8 nitrogen and oxygen atoms in total. The van der Waals surface area contributed by atoms with Gasteiger partial charge in [0.05, 0.1) is 11.3 Å². The average molecular weight is 354 g/mol. The highest BCUT2D eigenvalue weighted by Gasteiger charge is 2.33. The summed E-state index contributed by atoms with van der Waals surface area (Å²) in [6.07, 6.45) is 5.67. The predicted molar refractivity (Wildman–Crippen MR) is 93.7 cm³/mol. The Balaban J connectivity index is 1.54. The second kappa shape index (κ2) is 6.51. The fourth-order valence-electron chi connectivity index (χ4n) is 3.58. The summed E-state index contributed by atoms with van der Waals surface area (Å²) in [4.78, 5) is 35.0. The van der Waals surface area contributed by atoms with Crippen molar-refractivity contribution in [3.8, 4) is 0 Å². The lowest BCUT2D eigenvalue weighted by Gasteiger charge is -2.32. The van der Waals surface area contributed by atoms with Gasteiger partial charge in [0, 0.05) is 36.8 Å². The van der Waals surface area contributed by atoms with E-state index in [4.69, 9.17) is 5.73 Å². The third kappa shape index (κ3) is 3.18. The maximum atomic E-state index is 13.1. The van der Waals surface area contributed by atoms with Crippen LogP contribution in [0.15, 0.2) is 12.3 Å². The first kappa shape index (κ1) is 16.7. The first-order valence-corrected chi connectivity index (χ1v) is 9.01. The molecule has 8 heteroatoms. The van der Waals surface area contributed by atoms with Gasteiger partial charge in [0.1, 0.15) is 11.5 Å². The van der Waals surface area contributed by atoms with Crippen LogP contribution in [0.4, 0.5) is 0 Å². The summed E-state index contributed by atoms with van der Waals surface area (Å²) in [5.74, 6) is 0.649. The molecule has 1 unspecified atom stereocenters. The molecule has 1 saturated carbocycles. The van der Waals surface area contributed by atoms with E-state index in [2.05, 4.69) is 20.2 Å². The zero-order chi connectivity index (χ0) is 18.3. The lowest BCUT2D eigenvalue weighted by molar-refractivity contribution is 0.0703. The second-order valence-corrected chi connectivity index (χ2v) is 7.15. The number of hydrogen-bond donors (Lipinski definition) is 2. The highest BCUT2D eigenvalue weighted by atomic mass is 16.2. The van der Waals surface area contributed by atoms with Crippen LogP contribution in [0.3, 0.4) is 0 Å². The van der Waals surface area contributed by atoms with Gasteiger partial charge in [-0.05, 0) is 38.7 Å². The molecule has 2 amide bonds. The highest BCUT2D eigenvalue weighted by Crippen LogP contribution is 2.41. The summed E-state index contributed by atoms with van der Waals surface area (Å²) >= 11 is 0. The average Bonchev–Trinajstić information content (AvgIpc) is 3.37. The Labute approximate surface area is 151 Å². The topological polar surface area (TPSA) is 118 Å². The fraction of sp³-hybridized carbons (Fsp3) is 0.500. The van der Waals surface area contributed by atoms with Crippen molar-refractivity contribution in [3.05, 3.63) is 40.7 Å². The van der Waals surface area contributed by atoms with Gasteiger partial charge >= 0.3 is 0 Å². The molecule has 2 aromatic rings. The molecule has 1 saturated heterocycles. The summed E-state index contributed by atoms with van der Waals surface area (Å²) in [6.45, 7) is 3.15. The van der Waals surface area contributed by atoms with Gasteiger partial charge in [-0.2, -0.15) is 5.10 Å². The minimum Gasteiger partial charge on any atom is -0.364 e. The van der Waals surface area contributed by atoms with Crippen molar-refractivity contribution in [1.82, 2.24) is 25.1 Å². The van der Waals surface area contributed by atoms with Gasteiger partial charge in [-0.15, -0.1) is 0 Å². The summed E-state index contributed by atoms with van der Waals surface area (Å²) in [7, 11) is 0. The number of primary amides is 1. The Morgan fingerprint density at radius 1 is 1.27 bits per heavy atom. The minimum atomic E-state index is -0.554. The van der Waals surface area contributed by atoms with Crippen molar-refractivity contribution in [2.45, 2.75) is 44.4 Å². The van der Waals surface area contributed by atoms with Crippen LogP contribution < -0.4 is 5.73 Å². The number of likely N-dealkylation sites (tertiary alicyclic amines) is 1. The number of aryl methyl sites for hydroxylation is 1. The van der Waals surface area contributed by atoms with E-state index in [0.29, 0.717) is 30.4 Å². The number of H-pyrrole nitrogens is 1. The van der Waals surface area contributed by atoms with E-state index >= 15 is 0 Å². The van der Waals surface area contributed by atoms with E-state index in [1.165, 1.54) is 0 Å². The van der Waals surface area contributed by atoms with Gasteiger partial charge in [0.2, 0.25) is 0 Å². The largest absolute Gasteiger partial charge is 0.364 e. The number of piperidine rings is 1. The minimum absolute atomic E-state index is 0.00811. The van der Waals surface area contributed by atoms with Gasteiger partial charge in [0.25, 0.3) is 11.8 Å². The van der Waals surface area contributed by atoms with E-state index < -0.39 is 5.91 Å². The van der Waals surface area contributed by atoms with Crippen molar-refractivity contribution >= 4 is 11.8 Å². The quantitative estimate of drug-likeness (QED) is 0.863.